The Bertz CT molecular complexity index is 1160. The van der Waals surface area contributed by atoms with Crippen molar-refractivity contribution >= 4 is 17.2 Å². The number of unbranched alkanes of at least 4 members (excludes halogenated alkanes) is 1. The summed E-state index contributed by atoms with van der Waals surface area (Å²) in [5.74, 6) is -1.02. The normalized spacial score (nSPS) is 11.9. The molecule has 0 saturated heterocycles. The number of benzene rings is 1. The van der Waals surface area contributed by atoms with E-state index in [1.807, 2.05) is 6.07 Å². The largest absolute Gasteiger partial charge is 0.434 e. The third-order valence-corrected chi connectivity index (χ3v) is 5.01. The maximum atomic E-state index is 13.7. The van der Waals surface area contributed by atoms with E-state index in [2.05, 4.69) is 15.4 Å². The van der Waals surface area contributed by atoms with E-state index in [0.717, 1.165) is 29.7 Å². The molecule has 0 unspecified atom stereocenters. The molecule has 6 nitrogen and oxygen atoms in total. The molecule has 168 valence electrons. The number of nitrogens with zero attached hydrogens (tertiary/aromatic N) is 4. The van der Waals surface area contributed by atoms with Crippen molar-refractivity contribution in [2.24, 2.45) is 0 Å². The number of thiazole rings is 1. The minimum atomic E-state index is -4.96. The van der Waals surface area contributed by atoms with Crippen molar-refractivity contribution in [1.82, 2.24) is 20.1 Å². The molecule has 13 heteroatoms. The minimum absolute atomic E-state index is 0.00577. The topological polar surface area (TPSA) is 83.6 Å². The molecule has 0 saturated carbocycles. The smallest absolute Gasteiger partial charge is 0.352 e. The third-order valence-electron chi connectivity index (χ3n) is 4.19. The van der Waals surface area contributed by atoms with Crippen molar-refractivity contribution in [2.75, 3.05) is 6.54 Å². The van der Waals surface area contributed by atoms with Crippen LogP contribution >= 0.6 is 11.3 Å². The lowest BCUT2D eigenvalue weighted by Gasteiger charge is -2.11. The predicted octanol–water partition coefficient (Wildman–Crippen LogP) is 5.07. The van der Waals surface area contributed by atoms with Crippen LogP contribution in [0.1, 0.15) is 34.5 Å². The van der Waals surface area contributed by atoms with Crippen LogP contribution in [0, 0.1) is 11.3 Å². The van der Waals surface area contributed by atoms with Crippen molar-refractivity contribution < 1.29 is 31.1 Å². The highest BCUT2D eigenvalue weighted by Crippen LogP contribution is 2.36. The Morgan fingerprint density at radius 1 is 1.19 bits per heavy atom. The van der Waals surface area contributed by atoms with Crippen LogP contribution in [0.3, 0.4) is 0 Å². The van der Waals surface area contributed by atoms with E-state index in [4.69, 9.17) is 5.26 Å². The highest BCUT2D eigenvalue weighted by Gasteiger charge is 2.41. The summed E-state index contributed by atoms with van der Waals surface area (Å²) in [6, 6.07) is 6.08. The maximum absolute atomic E-state index is 13.7. The van der Waals surface area contributed by atoms with Gasteiger partial charge in [-0.05, 0) is 18.6 Å². The molecule has 0 aliphatic carbocycles. The lowest BCUT2D eigenvalue weighted by Crippen LogP contribution is -2.27. The quantitative estimate of drug-likeness (QED) is 0.400. The first-order valence-corrected chi connectivity index (χ1v) is 9.84. The average molecular weight is 473 g/mol. The van der Waals surface area contributed by atoms with E-state index in [9.17, 15) is 31.1 Å². The zero-order chi connectivity index (χ0) is 23.5. The lowest BCUT2D eigenvalue weighted by molar-refractivity contribution is -0.143. The van der Waals surface area contributed by atoms with Gasteiger partial charge >= 0.3 is 12.4 Å². The first-order valence-electron chi connectivity index (χ1n) is 8.96. The van der Waals surface area contributed by atoms with Crippen molar-refractivity contribution in [3.8, 4) is 22.5 Å². The Hall–Kier alpha value is -3.40. The van der Waals surface area contributed by atoms with Crippen LogP contribution in [0.5, 0.6) is 0 Å². The van der Waals surface area contributed by atoms with E-state index in [0.29, 0.717) is 4.68 Å². The van der Waals surface area contributed by atoms with Crippen LogP contribution in [-0.4, -0.2) is 27.2 Å². The van der Waals surface area contributed by atoms with Gasteiger partial charge in [0, 0.05) is 23.9 Å². The second-order valence-electron chi connectivity index (χ2n) is 6.43. The van der Waals surface area contributed by atoms with E-state index < -0.39 is 35.1 Å². The van der Waals surface area contributed by atoms with Crippen molar-refractivity contribution in [3.05, 3.63) is 52.7 Å². The molecule has 2 aromatic heterocycles. The van der Waals surface area contributed by atoms with Crippen LogP contribution < -0.4 is 5.32 Å². The number of hydrogen-bond acceptors (Lipinski definition) is 5. The molecule has 1 amide bonds. The molecule has 1 aromatic carbocycles. The van der Waals surface area contributed by atoms with Crippen molar-refractivity contribution in [2.45, 2.75) is 25.2 Å². The number of nitrogens with one attached hydrogen (secondary N) is 1. The lowest BCUT2D eigenvalue weighted by atomic mass is 10.1. The fourth-order valence-electron chi connectivity index (χ4n) is 2.75. The van der Waals surface area contributed by atoms with Gasteiger partial charge in [-0.1, -0.05) is 12.1 Å². The summed E-state index contributed by atoms with van der Waals surface area (Å²) in [7, 11) is 0. The molecule has 2 heterocycles. The molecule has 3 aromatic rings. The number of aromatic nitrogens is 3. The number of alkyl halides is 6. The summed E-state index contributed by atoms with van der Waals surface area (Å²) in [6.45, 7) is 0.00577. The van der Waals surface area contributed by atoms with Crippen molar-refractivity contribution in [1.29, 1.82) is 5.26 Å². The Morgan fingerprint density at radius 3 is 2.59 bits per heavy atom. The summed E-state index contributed by atoms with van der Waals surface area (Å²) in [5, 5.41) is 15.4. The predicted molar refractivity (Wildman–Crippen MR) is 102 cm³/mol. The van der Waals surface area contributed by atoms with Crippen molar-refractivity contribution in [3.63, 3.8) is 0 Å². The van der Waals surface area contributed by atoms with E-state index in [-0.39, 0.29) is 35.8 Å². The Kier molecular flexibility index (Phi) is 6.54. The first kappa shape index (κ1) is 23.3. The zero-order valence-corrected chi connectivity index (χ0v) is 16.8. The molecule has 0 fully saturated rings. The number of hydrogen-bond donors (Lipinski definition) is 1. The van der Waals surface area contributed by atoms with Gasteiger partial charge in [0.05, 0.1) is 29.1 Å². The zero-order valence-electron chi connectivity index (χ0n) is 16.0. The molecule has 0 spiro atoms. The van der Waals surface area contributed by atoms with Gasteiger partial charge in [0.1, 0.15) is 0 Å². The molecular formula is C19H13F6N5OS. The van der Waals surface area contributed by atoms with Crippen LogP contribution in [0.2, 0.25) is 0 Å². The van der Waals surface area contributed by atoms with Gasteiger partial charge in [0.15, 0.2) is 5.69 Å². The van der Waals surface area contributed by atoms with E-state index in [1.165, 1.54) is 17.5 Å². The third kappa shape index (κ3) is 5.08. The summed E-state index contributed by atoms with van der Waals surface area (Å²) in [6.07, 6.45) is -8.41. The highest BCUT2D eigenvalue weighted by molar-refractivity contribution is 7.12. The molecule has 0 radical (unpaired) electrons. The van der Waals surface area contributed by atoms with E-state index >= 15 is 0 Å². The molecule has 3 rings (SSSR count). The Balaban J connectivity index is 1.95. The molecule has 1 N–H and O–H groups in total. The Morgan fingerprint density at radius 2 is 1.94 bits per heavy atom. The molecule has 0 atom stereocenters. The fraction of sp³-hybridized carbons (Fsp3) is 0.263. The van der Waals surface area contributed by atoms with Gasteiger partial charge in [0.2, 0.25) is 5.13 Å². The number of amides is 1. The van der Waals surface area contributed by atoms with Gasteiger partial charge in [-0.3, -0.25) is 4.79 Å². The number of carbonyl (C=O) groups is 1. The van der Waals surface area contributed by atoms with Gasteiger partial charge in [-0.2, -0.15) is 36.7 Å². The van der Waals surface area contributed by atoms with Gasteiger partial charge in [0.25, 0.3) is 5.91 Å². The second kappa shape index (κ2) is 8.99. The fourth-order valence-corrected chi connectivity index (χ4v) is 3.54. The molecule has 0 bridgehead atoms. The number of halogens is 6. The maximum Gasteiger partial charge on any atom is 0.434 e. The Labute approximate surface area is 181 Å². The highest BCUT2D eigenvalue weighted by atomic mass is 32.1. The molecule has 0 aliphatic heterocycles. The van der Waals surface area contributed by atoms with Crippen LogP contribution in [0.15, 0.2) is 35.8 Å². The standard InChI is InChI=1S/C19H13F6N5OS/c20-18(21,22)12-5-3-4-11(8-12)14-10-32-17(29-14)30-15(19(23,24)25)13(9-28-30)16(31)27-7-2-1-6-26/h3-5,8-10H,1-2,7H2,(H,27,31). The molecule has 0 aliphatic rings. The molecule has 32 heavy (non-hydrogen) atoms. The van der Waals surface area contributed by atoms with E-state index in [1.54, 1.807) is 0 Å². The monoisotopic (exact) mass is 473 g/mol. The van der Waals surface area contributed by atoms with Crippen LogP contribution in [0.4, 0.5) is 26.3 Å². The summed E-state index contributed by atoms with van der Waals surface area (Å²) in [5.41, 5.74) is -2.92. The number of rotatable bonds is 6. The van der Waals surface area contributed by atoms with Gasteiger partial charge in [-0.25, -0.2) is 9.67 Å². The summed E-state index contributed by atoms with van der Waals surface area (Å²) in [4.78, 5) is 16.2. The van der Waals surface area contributed by atoms with Gasteiger partial charge < -0.3 is 5.32 Å². The number of carbonyl (C=O) groups excluding carboxylic acids is 1. The SMILES string of the molecule is N#CCCCNC(=O)c1cnn(-c2nc(-c3cccc(C(F)(F)F)c3)cs2)c1C(F)(F)F. The molecular weight excluding hydrogens is 460 g/mol. The summed E-state index contributed by atoms with van der Waals surface area (Å²) >= 11 is 0.731. The minimum Gasteiger partial charge on any atom is -0.352 e. The second-order valence-corrected chi connectivity index (χ2v) is 7.26. The van der Waals surface area contributed by atoms with Crippen LogP contribution in [0.25, 0.3) is 16.4 Å². The number of nitriles is 1. The first-order chi connectivity index (χ1) is 15.0. The van der Waals surface area contributed by atoms with Gasteiger partial charge in [-0.15, -0.1) is 11.3 Å². The summed E-state index contributed by atoms with van der Waals surface area (Å²) < 4.78 is 80.4. The van der Waals surface area contributed by atoms with Crippen LogP contribution in [-0.2, 0) is 12.4 Å². The average Bonchev–Trinajstić information content (AvgIpc) is 3.37.